The minimum Gasteiger partial charge on any atom is -0.289 e. The van der Waals surface area contributed by atoms with Gasteiger partial charge < -0.3 is 0 Å². The minimum atomic E-state index is -0.177. The van der Waals surface area contributed by atoms with Gasteiger partial charge in [0.2, 0.25) is 5.95 Å². The average Bonchev–Trinajstić information content (AvgIpc) is 2.95. The average molecular weight is 296 g/mol. The largest absolute Gasteiger partial charge is 0.289 e. The maximum atomic E-state index is 12.3. The van der Waals surface area contributed by atoms with Crippen LogP contribution in [0.2, 0.25) is 0 Å². The van der Waals surface area contributed by atoms with Crippen LogP contribution in [0.1, 0.15) is 48.7 Å². The molecule has 1 N–H and O–H groups in total. The SMILES string of the molecule is CC(C)(C)n1cnc(NC(=O)c2ccc3c(c2)CCC=C3)n1. The summed E-state index contributed by atoms with van der Waals surface area (Å²) in [5, 5.41) is 7.05. The van der Waals surface area contributed by atoms with Gasteiger partial charge in [0.15, 0.2) is 0 Å². The Balaban J connectivity index is 1.77. The summed E-state index contributed by atoms with van der Waals surface area (Å²) in [6, 6.07) is 5.78. The molecule has 0 spiro atoms. The molecule has 3 rings (SSSR count). The summed E-state index contributed by atoms with van der Waals surface area (Å²) in [5.74, 6) is 0.154. The normalized spacial score (nSPS) is 13.8. The molecule has 1 aromatic heterocycles. The Labute approximate surface area is 130 Å². The van der Waals surface area contributed by atoms with E-state index in [2.05, 4.69) is 27.6 Å². The van der Waals surface area contributed by atoms with E-state index in [1.54, 1.807) is 11.0 Å². The Hall–Kier alpha value is -2.43. The molecular formula is C17H20N4O. The van der Waals surface area contributed by atoms with Crippen LogP contribution in [-0.4, -0.2) is 20.7 Å². The van der Waals surface area contributed by atoms with Gasteiger partial charge in [-0.25, -0.2) is 9.67 Å². The Morgan fingerprint density at radius 1 is 1.32 bits per heavy atom. The molecular weight excluding hydrogens is 276 g/mol. The van der Waals surface area contributed by atoms with Gasteiger partial charge in [-0.15, -0.1) is 5.10 Å². The summed E-state index contributed by atoms with van der Waals surface area (Å²) >= 11 is 0. The Morgan fingerprint density at radius 2 is 2.14 bits per heavy atom. The first kappa shape index (κ1) is 14.5. The highest BCUT2D eigenvalue weighted by Gasteiger charge is 2.17. The van der Waals surface area contributed by atoms with Crippen molar-refractivity contribution in [1.29, 1.82) is 0 Å². The van der Waals surface area contributed by atoms with Gasteiger partial charge in [0.25, 0.3) is 5.91 Å². The van der Waals surface area contributed by atoms with E-state index in [4.69, 9.17) is 0 Å². The van der Waals surface area contributed by atoms with Crippen LogP contribution < -0.4 is 5.32 Å². The number of carbonyl (C=O) groups excluding carboxylic acids is 1. The molecule has 5 nitrogen and oxygen atoms in total. The fraction of sp³-hybridized carbons (Fsp3) is 0.353. The molecule has 0 atom stereocenters. The fourth-order valence-corrected chi connectivity index (χ4v) is 2.39. The number of benzene rings is 1. The van der Waals surface area contributed by atoms with E-state index in [0.717, 1.165) is 12.8 Å². The van der Waals surface area contributed by atoms with Crippen molar-refractivity contribution in [1.82, 2.24) is 14.8 Å². The molecule has 0 unspecified atom stereocenters. The van der Waals surface area contributed by atoms with Crippen LogP contribution in [0.25, 0.3) is 6.08 Å². The Kier molecular flexibility index (Phi) is 3.56. The molecule has 0 bridgehead atoms. The maximum Gasteiger partial charge on any atom is 0.258 e. The van der Waals surface area contributed by atoms with Crippen molar-refractivity contribution >= 4 is 17.9 Å². The summed E-state index contributed by atoms with van der Waals surface area (Å²) in [7, 11) is 0. The van der Waals surface area contributed by atoms with Gasteiger partial charge in [0, 0.05) is 5.56 Å². The van der Waals surface area contributed by atoms with Crippen LogP contribution >= 0.6 is 0 Å². The summed E-state index contributed by atoms with van der Waals surface area (Å²) < 4.78 is 1.74. The van der Waals surface area contributed by atoms with Gasteiger partial charge in [-0.3, -0.25) is 10.1 Å². The van der Waals surface area contributed by atoms with Crippen molar-refractivity contribution in [2.24, 2.45) is 0 Å². The molecule has 1 heterocycles. The third-order valence-corrected chi connectivity index (χ3v) is 3.69. The van der Waals surface area contributed by atoms with Crippen LogP contribution in [0, 0.1) is 0 Å². The number of aromatic nitrogens is 3. The first-order valence-corrected chi connectivity index (χ1v) is 7.46. The van der Waals surface area contributed by atoms with Crippen LogP contribution in [0.3, 0.4) is 0 Å². The molecule has 0 saturated carbocycles. The molecule has 0 fully saturated rings. The Bertz CT molecular complexity index is 737. The predicted octanol–water partition coefficient (Wildman–Crippen LogP) is 3.24. The lowest BCUT2D eigenvalue weighted by Crippen LogP contribution is -2.22. The molecule has 1 aliphatic rings. The molecule has 2 aromatic rings. The highest BCUT2D eigenvalue weighted by Crippen LogP contribution is 2.21. The second-order valence-electron chi connectivity index (χ2n) is 6.49. The van der Waals surface area contributed by atoms with Crippen LogP contribution in [-0.2, 0) is 12.0 Å². The first-order chi connectivity index (χ1) is 10.4. The second kappa shape index (κ2) is 5.40. The zero-order valence-electron chi connectivity index (χ0n) is 13.1. The zero-order chi connectivity index (χ0) is 15.7. The number of anilines is 1. The van der Waals surface area contributed by atoms with E-state index < -0.39 is 0 Å². The molecule has 0 radical (unpaired) electrons. The van der Waals surface area contributed by atoms with Crippen molar-refractivity contribution in [3.63, 3.8) is 0 Å². The number of amides is 1. The van der Waals surface area contributed by atoms with E-state index in [0.29, 0.717) is 11.5 Å². The number of rotatable bonds is 2. The smallest absolute Gasteiger partial charge is 0.258 e. The van der Waals surface area contributed by atoms with Crippen molar-refractivity contribution in [3.8, 4) is 0 Å². The lowest BCUT2D eigenvalue weighted by atomic mass is 9.95. The van der Waals surface area contributed by atoms with E-state index in [9.17, 15) is 4.79 Å². The standard InChI is InChI=1S/C17H20N4O/c1-17(2,3)21-11-18-16(20-21)19-15(22)14-9-8-12-6-4-5-7-13(12)10-14/h4,6,8-11H,5,7H2,1-3H3,(H,19,20,22). The van der Waals surface area contributed by atoms with Gasteiger partial charge in [-0.05, 0) is 56.9 Å². The predicted molar refractivity (Wildman–Crippen MR) is 86.8 cm³/mol. The Morgan fingerprint density at radius 3 is 2.86 bits per heavy atom. The number of hydrogen-bond donors (Lipinski definition) is 1. The first-order valence-electron chi connectivity index (χ1n) is 7.46. The number of hydrogen-bond acceptors (Lipinski definition) is 3. The third-order valence-electron chi connectivity index (χ3n) is 3.69. The van der Waals surface area contributed by atoms with E-state index >= 15 is 0 Å². The monoisotopic (exact) mass is 296 g/mol. The topological polar surface area (TPSA) is 59.8 Å². The van der Waals surface area contributed by atoms with Crippen molar-refractivity contribution in [2.45, 2.75) is 39.2 Å². The van der Waals surface area contributed by atoms with Gasteiger partial charge >= 0.3 is 0 Å². The molecule has 0 saturated heterocycles. The van der Waals surface area contributed by atoms with Gasteiger partial charge in [0.05, 0.1) is 5.54 Å². The van der Waals surface area contributed by atoms with E-state index in [-0.39, 0.29) is 11.4 Å². The molecule has 114 valence electrons. The van der Waals surface area contributed by atoms with Crippen LogP contribution in [0.4, 0.5) is 5.95 Å². The van der Waals surface area contributed by atoms with Crippen LogP contribution in [0.15, 0.2) is 30.6 Å². The van der Waals surface area contributed by atoms with E-state index in [1.165, 1.54) is 11.1 Å². The maximum absolute atomic E-state index is 12.3. The molecule has 0 aliphatic heterocycles. The fourth-order valence-electron chi connectivity index (χ4n) is 2.39. The lowest BCUT2D eigenvalue weighted by molar-refractivity contribution is 0.102. The number of carbonyl (C=O) groups is 1. The minimum absolute atomic E-state index is 0.159. The quantitative estimate of drug-likeness (QED) is 0.925. The molecule has 1 amide bonds. The number of nitrogens with one attached hydrogen (secondary N) is 1. The summed E-state index contributed by atoms with van der Waals surface area (Å²) in [6.45, 7) is 6.10. The number of aryl methyl sites for hydroxylation is 1. The van der Waals surface area contributed by atoms with Crippen molar-refractivity contribution in [3.05, 3.63) is 47.3 Å². The molecule has 5 heteroatoms. The number of allylic oxidation sites excluding steroid dienone is 1. The summed E-state index contributed by atoms with van der Waals surface area (Å²) in [5.41, 5.74) is 2.89. The molecule has 1 aliphatic carbocycles. The highest BCUT2D eigenvalue weighted by atomic mass is 16.1. The van der Waals surface area contributed by atoms with Gasteiger partial charge in [-0.2, -0.15) is 0 Å². The number of fused-ring (bicyclic) bond motifs is 1. The van der Waals surface area contributed by atoms with Gasteiger partial charge in [0.1, 0.15) is 6.33 Å². The second-order valence-corrected chi connectivity index (χ2v) is 6.49. The summed E-state index contributed by atoms with van der Waals surface area (Å²) in [6.07, 6.45) is 7.89. The highest BCUT2D eigenvalue weighted by molar-refractivity contribution is 6.03. The summed E-state index contributed by atoms with van der Waals surface area (Å²) in [4.78, 5) is 16.5. The van der Waals surface area contributed by atoms with Crippen LogP contribution in [0.5, 0.6) is 0 Å². The molecule has 1 aromatic carbocycles. The van der Waals surface area contributed by atoms with E-state index in [1.807, 2.05) is 39.0 Å². The molecule has 22 heavy (non-hydrogen) atoms. The van der Waals surface area contributed by atoms with Crippen molar-refractivity contribution in [2.75, 3.05) is 5.32 Å². The zero-order valence-corrected chi connectivity index (χ0v) is 13.1. The number of nitrogens with zero attached hydrogens (tertiary/aromatic N) is 3. The lowest BCUT2D eigenvalue weighted by Gasteiger charge is -2.17. The third kappa shape index (κ3) is 2.93. The van der Waals surface area contributed by atoms with Crippen molar-refractivity contribution < 1.29 is 4.79 Å². The van der Waals surface area contributed by atoms with Gasteiger partial charge in [-0.1, -0.05) is 18.2 Å².